The molecule has 0 bridgehead atoms. The maximum atomic E-state index is 6.72. The van der Waals surface area contributed by atoms with Crippen molar-refractivity contribution in [2.24, 2.45) is 10.7 Å². The summed E-state index contributed by atoms with van der Waals surface area (Å²) < 4.78 is 6.35. The van der Waals surface area contributed by atoms with Crippen LogP contribution < -0.4 is 5.73 Å². The lowest BCUT2D eigenvalue weighted by Crippen LogP contribution is -2.13. The molecule has 0 radical (unpaired) electrons. The van der Waals surface area contributed by atoms with Crippen LogP contribution >= 0.6 is 0 Å². The summed E-state index contributed by atoms with van der Waals surface area (Å²) in [6.07, 6.45) is 2.87. The minimum atomic E-state index is 0.477. The van der Waals surface area contributed by atoms with Crippen LogP contribution in [0.15, 0.2) is 228 Å². The molecule has 0 amide bonds. The van der Waals surface area contributed by atoms with E-state index in [1.807, 2.05) is 42.5 Å². The smallest absolute Gasteiger partial charge is 0.143 e. The molecule has 0 atom stereocenters. The molecule has 0 unspecified atom stereocenters. The van der Waals surface area contributed by atoms with Gasteiger partial charge >= 0.3 is 0 Å². The summed E-state index contributed by atoms with van der Waals surface area (Å²) >= 11 is 0. The maximum absolute atomic E-state index is 6.72. The summed E-state index contributed by atoms with van der Waals surface area (Å²) in [6.45, 7) is 0. The quantitative estimate of drug-likeness (QED) is 0.0722. The second kappa shape index (κ2) is 15.3. The van der Waals surface area contributed by atoms with E-state index >= 15 is 0 Å². The van der Waals surface area contributed by atoms with Crippen LogP contribution in [-0.4, -0.2) is 5.84 Å². The first-order valence-electron chi connectivity index (χ1n) is 20.8. The van der Waals surface area contributed by atoms with Crippen LogP contribution in [-0.2, 0) is 6.42 Å². The van der Waals surface area contributed by atoms with Gasteiger partial charge in [0.05, 0.1) is 5.70 Å². The van der Waals surface area contributed by atoms with Crippen molar-refractivity contribution in [2.75, 3.05) is 0 Å². The highest BCUT2D eigenvalue weighted by molar-refractivity contribution is 6.28. The van der Waals surface area contributed by atoms with Gasteiger partial charge in [0.2, 0.25) is 0 Å². The Kier molecular flexibility index (Phi) is 9.05. The van der Waals surface area contributed by atoms with Gasteiger partial charge in [0, 0.05) is 21.9 Å². The first kappa shape index (κ1) is 36.1. The van der Waals surface area contributed by atoms with E-state index in [1.165, 1.54) is 54.6 Å². The van der Waals surface area contributed by atoms with E-state index in [0.29, 0.717) is 12.3 Å². The summed E-state index contributed by atoms with van der Waals surface area (Å²) in [5.74, 6) is 0.477. The van der Waals surface area contributed by atoms with E-state index in [-0.39, 0.29) is 0 Å². The third-order valence-electron chi connectivity index (χ3n) is 12.0. The molecule has 0 fully saturated rings. The number of furan rings is 1. The molecule has 0 spiro atoms. The molecule has 11 aromatic rings. The monoisotopic (exact) mass is 780 g/mol. The van der Waals surface area contributed by atoms with Gasteiger partial charge in [-0.15, -0.1) is 0 Å². The molecule has 3 nitrogen and oxygen atoms in total. The van der Waals surface area contributed by atoms with Gasteiger partial charge < -0.3 is 10.2 Å². The van der Waals surface area contributed by atoms with Crippen LogP contribution in [0, 0.1) is 0 Å². The van der Waals surface area contributed by atoms with Crippen LogP contribution in [0.2, 0.25) is 0 Å². The van der Waals surface area contributed by atoms with Crippen molar-refractivity contribution in [1.29, 1.82) is 0 Å². The molecule has 1 aromatic heterocycles. The Hall–Kier alpha value is -8.01. The zero-order valence-corrected chi connectivity index (χ0v) is 33.4. The van der Waals surface area contributed by atoms with Crippen LogP contribution in [0.1, 0.15) is 16.7 Å². The largest absolute Gasteiger partial charge is 0.455 e. The Balaban J connectivity index is 1.00. The second-order valence-electron chi connectivity index (χ2n) is 15.6. The highest BCUT2D eigenvalue weighted by Gasteiger charge is 2.19. The SMILES string of the molecule is NC(=N/C(=C\Cc1ccc(-c2cccc3c2oc2ccccc23)cc1)c1ccc(-c2c3ccccc3c(-c3ccccc3)c3ccc4ccccc4c23)cc1)c1ccccc1. The van der Waals surface area contributed by atoms with Gasteiger partial charge in [-0.25, -0.2) is 4.99 Å². The number of fused-ring (bicyclic) bond motifs is 7. The van der Waals surface area contributed by atoms with Gasteiger partial charge in [-0.2, -0.15) is 0 Å². The lowest BCUT2D eigenvalue weighted by molar-refractivity contribution is 0.670. The molecule has 11 rings (SSSR count). The molecule has 0 saturated carbocycles. The van der Waals surface area contributed by atoms with Crippen molar-refractivity contribution in [3.8, 4) is 33.4 Å². The van der Waals surface area contributed by atoms with Gasteiger partial charge in [0.15, 0.2) is 0 Å². The number of hydrogen-bond acceptors (Lipinski definition) is 2. The average Bonchev–Trinajstić information content (AvgIpc) is 3.72. The van der Waals surface area contributed by atoms with Crippen LogP contribution in [0.4, 0.5) is 0 Å². The van der Waals surface area contributed by atoms with Crippen molar-refractivity contribution in [3.63, 3.8) is 0 Å². The topological polar surface area (TPSA) is 51.5 Å². The van der Waals surface area contributed by atoms with Crippen molar-refractivity contribution in [3.05, 3.63) is 235 Å². The fraction of sp³-hybridized carbons (Fsp3) is 0.0172. The molecule has 10 aromatic carbocycles. The number of rotatable bonds is 8. The number of hydrogen-bond donors (Lipinski definition) is 1. The van der Waals surface area contributed by atoms with Crippen LogP contribution in [0.25, 0.3) is 93.3 Å². The molecule has 0 aliphatic heterocycles. The summed E-state index contributed by atoms with van der Waals surface area (Å²) in [6, 6.07) is 75.1. The number of nitrogens with two attached hydrogens (primary N) is 1. The number of aliphatic imine (C=N–C) groups is 1. The van der Waals surface area contributed by atoms with Gasteiger partial charge in [0.25, 0.3) is 0 Å². The number of nitrogens with zero attached hydrogens (tertiary/aromatic N) is 1. The van der Waals surface area contributed by atoms with E-state index in [2.05, 4.69) is 176 Å². The Morgan fingerprint density at radius 2 is 1.05 bits per heavy atom. The molecular formula is C58H40N2O. The van der Waals surface area contributed by atoms with E-state index in [9.17, 15) is 0 Å². The van der Waals surface area contributed by atoms with Crippen molar-refractivity contribution < 1.29 is 4.42 Å². The Morgan fingerprint density at radius 1 is 0.443 bits per heavy atom. The van der Waals surface area contributed by atoms with Crippen LogP contribution in [0.3, 0.4) is 0 Å². The third-order valence-corrected chi connectivity index (χ3v) is 12.0. The van der Waals surface area contributed by atoms with Gasteiger partial charge in [-0.05, 0) is 83.7 Å². The molecule has 288 valence electrons. The van der Waals surface area contributed by atoms with E-state index < -0.39 is 0 Å². The maximum Gasteiger partial charge on any atom is 0.143 e. The third kappa shape index (κ3) is 6.54. The predicted molar refractivity (Wildman–Crippen MR) is 258 cm³/mol. The summed E-state index contributed by atoms with van der Waals surface area (Å²) in [4.78, 5) is 5.08. The number of amidine groups is 1. The summed E-state index contributed by atoms with van der Waals surface area (Å²) in [5.41, 5.74) is 19.5. The van der Waals surface area contributed by atoms with Crippen molar-refractivity contribution in [1.82, 2.24) is 0 Å². The molecule has 0 aliphatic rings. The zero-order chi connectivity index (χ0) is 40.7. The molecule has 61 heavy (non-hydrogen) atoms. The van der Waals surface area contributed by atoms with Gasteiger partial charge in [-0.1, -0.05) is 212 Å². The minimum Gasteiger partial charge on any atom is -0.455 e. The molecule has 1 heterocycles. The first-order chi connectivity index (χ1) is 30.2. The fourth-order valence-corrected chi connectivity index (χ4v) is 9.01. The van der Waals surface area contributed by atoms with E-state index in [1.54, 1.807) is 0 Å². The molecule has 3 heteroatoms. The normalized spacial score (nSPS) is 12.3. The van der Waals surface area contributed by atoms with Crippen molar-refractivity contribution >= 4 is 65.8 Å². The lowest BCUT2D eigenvalue weighted by atomic mass is 9.84. The first-order valence-corrected chi connectivity index (χ1v) is 20.8. The minimum absolute atomic E-state index is 0.477. The van der Waals surface area contributed by atoms with E-state index in [0.717, 1.165) is 55.5 Å². The summed E-state index contributed by atoms with van der Waals surface area (Å²) in [7, 11) is 0. The lowest BCUT2D eigenvalue weighted by Gasteiger charge is -2.19. The van der Waals surface area contributed by atoms with E-state index in [4.69, 9.17) is 15.1 Å². The van der Waals surface area contributed by atoms with Crippen molar-refractivity contribution in [2.45, 2.75) is 6.42 Å². The molecular weight excluding hydrogens is 741 g/mol. The zero-order valence-electron chi connectivity index (χ0n) is 33.4. The number of para-hydroxylation sites is 2. The highest BCUT2D eigenvalue weighted by Crippen LogP contribution is 2.46. The molecule has 2 N–H and O–H groups in total. The van der Waals surface area contributed by atoms with Gasteiger partial charge in [0.1, 0.15) is 17.0 Å². The Labute approximate surface area is 354 Å². The molecule has 0 aliphatic carbocycles. The van der Waals surface area contributed by atoms with Crippen LogP contribution in [0.5, 0.6) is 0 Å². The van der Waals surface area contributed by atoms with Gasteiger partial charge in [-0.3, -0.25) is 0 Å². The standard InChI is InChI=1S/C58H40N2O/c59-58(44-17-5-2-6-18-44)60-52(37-28-38-26-29-40(30-27-38)46-23-13-24-50-47-20-11-12-25-53(47)61-57(46)50)41-31-33-43(34-32-41)55-49-22-10-9-21-48(49)54(42-15-3-1-4-16-42)51-36-35-39-14-7-8-19-45(39)56(51)55/h1-27,29-37H,28H2,(H2,59,60)/b52-37-. The average molecular weight is 781 g/mol. The predicted octanol–water partition coefficient (Wildman–Crippen LogP) is 15.0. The fourth-order valence-electron chi connectivity index (χ4n) is 9.01. The molecule has 0 saturated heterocycles. The highest BCUT2D eigenvalue weighted by atomic mass is 16.3. The number of benzene rings is 10. The number of allylic oxidation sites excluding steroid dienone is 1. The second-order valence-corrected chi connectivity index (χ2v) is 15.6. The Morgan fingerprint density at radius 3 is 1.82 bits per heavy atom. The Bertz CT molecular complexity index is 3470. The summed E-state index contributed by atoms with van der Waals surface area (Å²) in [5, 5.41) is 9.67.